The molecule has 2 heterocycles. The Balaban J connectivity index is 1.79. The Hall–Kier alpha value is -1.61. The zero-order chi connectivity index (χ0) is 11.5. The number of nitrogens with zero attached hydrogens (tertiary/aromatic N) is 1. The minimum absolute atomic E-state index is 0.494. The Labute approximate surface area is 101 Å². The molecular weight excluding hydrogens is 212 g/mol. The minimum Gasteiger partial charge on any atom is -0.490 e. The Bertz CT molecular complexity index is 501. The molecule has 1 fully saturated rings. The van der Waals surface area contributed by atoms with Crippen molar-refractivity contribution < 1.29 is 4.74 Å². The maximum Gasteiger partial charge on any atom is 0.145 e. The van der Waals surface area contributed by atoms with Crippen molar-refractivity contribution in [1.82, 2.24) is 10.3 Å². The van der Waals surface area contributed by atoms with Crippen LogP contribution in [0, 0.1) is 0 Å². The van der Waals surface area contributed by atoms with E-state index in [-0.39, 0.29) is 0 Å². The lowest BCUT2D eigenvalue weighted by atomic mass is 10.2. The molecular formula is C14H16N2O. The molecule has 1 aliphatic heterocycles. The van der Waals surface area contributed by atoms with Gasteiger partial charge in [0.1, 0.15) is 17.9 Å². The standard InChI is InChI=1S/C14H16N2O/c1-4-11-5-2-9-16-14(11)13(7-1)17-10-12-6-3-8-15-12/h1-2,4-5,7,9,12,15H,3,6,8,10H2. The predicted molar refractivity (Wildman–Crippen MR) is 68.3 cm³/mol. The van der Waals surface area contributed by atoms with Gasteiger partial charge in [-0.1, -0.05) is 18.2 Å². The molecule has 2 aromatic rings. The number of pyridine rings is 1. The second-order valence-corrected chi connectivity index (χ2v) is 4.44. The van der Waals surface area contributed by atoms with Gasteiger partial charge in [0.05, 0.1) is 0 Å². The van der Waals surface area contributed by atoms with Gasteiger partial charge in [-0.3, -0.25) is 4.98 Å². The van der Waals surface area contributed by atoms with Crippen molar-refractivity contribution in [2.24, 2.45) is 0 Å². The van der Waals surface area contributed by atoms with Gasteiger partial charge in [0.25, 0.3) is 0 Å². The van der Waals surface area contributed by atoms with E-state index in [9.17, 15) is 0 Å². The van der Waals surface area contributed by atoms with E-state index < -0.39 is 0 Å². The van der Waals surface area contributed by atoms with Gasteiger partial charge in [-0.2, -0.15) is 0 Å². The van der Waals surface area contributed by atoms with Crippen molar-refractivity contribution in [3.8, 4) is 5.75 Å². The van der Waals surface area contributed by atoms with Crippen molar-refractivity contribution >= 4 is 10.9 Å². The van der Waals surface area contributed by atoms with Crippen LogP contribution in [-0.2, 0) is 0 Å². The largest absolute Gasteiger partial charge is 0.490 e. The molecule has 0 saturated carbocycles. The summed E-state index contributed by atoms with van der Waals surface area (Å²) < 4.78 is 5.88. The predicted octanol–water partition coefficient (Wildman–Crippen LogP) is 2.37. The highest BCUT2D eigenvalue weighted by atomic mass is 16.5. The summed E-state index contributed by atoms with van der Waals surface area (Å²) >= 11 is 0. The number of nitrogens with one attached hydrogen (secondary N) is 1. The fourth-order valence-corrected chi connectivity index (χ4v) is 2.28. The van der Waals surface area contributed by atoms with Crippen molar-refractivity contribution in [2.45, 2.75) is 18.9 Å². The molecule has 1 aromatic carbocycles. The summed E-state index contributed by atoms with van der Waals surface area (Å²) in [6.07, 6.45) is 4.27. The van der Waals surface area contributed by atoms with Gasteiger partial charge in [-0.25, -0.2) is 0 Å². The molecule has 1 saturated heterocycles. The summed E-state index contributed by atoms with van der Waals surface area (Å²) in [7, 11) is 0. The van der Waals surface area contributed by atoms with Gasteiger partial charge in [-0.15, -0.1) is 0 Å². The molecule has 1 atom stereocenters. The smallest absolute Gasteiger partial charge is 0.145 e. The van der Waals surface area contributed by atoms with Gasteiger partial charge < -0.3 is 10.1 Å². The number of hydrogen-bond acceptors (Lipinski definition) is 3. The van der Waals surface area contributed by atoms with Crippen molar-refractivity contribution in [3.05, 3.63) is 36.5 Å². The van der Waals surface area contributed by atoms with E-state index in [0.717, 1.165) is 29.8 Å². The Morgan fingerprint density at radius 1 is 1.29 bits per heavy atom. The lowest BCUT2D eigenvalue weighted by molar-refractivity contribution is 0.280. The van der Waals surface area contributed by atoms with E-state index in [0.29, 0.717) is 6.04 Å². The fourth-order valence-electron chi connectivity index (χ4n) is 2.28. The average molecular weight is 228 g/mol. The third-order valence-electron chi connectivity index (χ3n) is 3.20. The summed E-state index contributed by atoms with van der Waals surface area (Å²) in [5, 5.41) is 4.56. The lowest BCUT2D eigenvalue weighted by Gasteiger charge is -2.13. The molecule has 3 nitrogen and oxygen atoms in total. The molecule has 88 valence electrons. The molecule has 0 amide bonds. The Morgan fingerprint density at radius 2 is 2.24 bits per heavy atom. The molecule has 1 aromatic heterocycles. The maximum atomic E-state index is 5.88. The first-order chi connectivity index (χ1) is 8.43. The molecule has 17 heavy (non-hydrogen) atoms. The van der Waals surface area contributed by atoms with Gasteiger partial charge in [0.2, 0.25) is 0 Å². The van der Waals surface area contributed by atoms with Crippen LogP contribution in [0.15, 0.2) is 36.5 Å². The molecule has 0 bridgehead atoms. The monoisotopic (exact) mass is 228 g/mol. The number of aromatic nitrogens is 1. The molecule has 1 aliphatic rings. The highest BCUT2D eigenvalue weighted by molar-refractivity contribution is 5.84. The van der Waals surface area contributed by atoms with Crippen LogP contribution < -0.4 is 10.1 Å². The van der Waals surface area contributed by atoms with E-state index in [1.165, 1.54) is 12.8 Å². The van der Waals surface area contributed by atoms with Crippen LogP contribution in [0.2, 0.25) is 0 Å². The SMILES string of the molecule is c1cnc2c(OCC3CCCN3)cccc2c1. The van der Waals surface area contributed by atoms with E-state index in [4.69, 9.17) is 4.74 Å². The highest BCUT2D eigenvalue weighted by Gasteiger charge is 2.14. The van der Waals surface area contributed by atoms with E-state index in [2.05, 4.69) is 22.4 Å². The zero-order valence-electron chi connectivity index (χ0n) is 9.73. The van der Waals surface area contributed by atoms with Gasteiger partial charge in [0, 0.05) is 17.6 Å². The molecule has 0 radical (unpaired) electrons. The first kappa shape index (κ1) is 10.5. The first-order valence-electron chi connectivity index (χ1n) is 6.13. The van der Waals surface area contributed by atoms with E-state index >= 15 is 0 Å². The van der Waals surface area contributed by atoms with Gasteiger partial charge in [0.15, 0.2) is 0 Å². The summed E-state index contributed by atoms with van der Waals surface area (Å²) in [6, 6.07) is 10.6. The minimum atomic E-state index is 0.494. The number of benzene rings is 1. The normalized spacial score (nSPS) is 19.6. The molecule has 0 aliphatic carbocycles. The number of rotatable bonds is 3. The van der Waals surface area contributed by atoms with Crippen LogP contribution in [-0.4, -0.2) is 24.2 Å². The number of hydrogen-bond donors (Lipinski definition) is 1. The summed E-state index contributed by atoms with van der Waals surface area (Å²) in [4.78, 5) is 4.38. The lowest BCUT2D eigenvalue weighted by Crippen LogP contribution is -2.28. The van der Waals surface area contributed by atoms with Crippen LogP contribution >= 0.6 is 0 Å². The Morgan fingerprint density at radius 3 is 3.12 bits per heavy atom. The molecule has 1 N–H and O–H groups in total. The van der Waals surface area contributed by atoms with Gasteiger partial charge in [-0.05, 0) is 31.5 Å². The highest BCUT2D eigenvalue weighted by Crippen LogP contribution is 2.23. The van der Waals surface area contributed by atoms with Gasteiger partial charge >= 0.3 is 0 Å². The third kappa shape index (κ3) is 2.24. The van der Waals surface area contributed by atoms with Crippen LogP contribution in [0.25, 0.3) is 10.9 Å². The quantitative estimate of drug-likeness (QED) is 0.875. The van der Waals surface area contributed by atoms with Crippen LogP contribution in [0.1, 0.15) is 12.8 Å². The molecule has 3 rings (SSSR count). The van der Waals surface area contributed by atoms with Crippen LogP contribution in [0.4, 0.5) is 0 Å². The second kappa shape index (κ2) is 4.72. The molecule has 1 unspecified atom stereocenters. The zero-order valence-corrected chi connectivity index (χ0v) is 9.73. The number of ether oxygens (including phenoxy) is 1. The van der Waals surface area contributed by atoms with E-state index in [1.54, 1.807) is 0 Å². The number of para-hydroxylation sites is 1. The summed E-state index contributed by atoms with van der Waals surface area (Å²) in [5.41, 5.74) is 0.952. The second-order valence-electron chi connectivity index (χ2n) is 4.44. The Kier molecular flexibility index (Phi) is 2.92. The molecule has 0 spiro atoms. The van der Waals surface area contributed by atoms with Crippen LogP contribution in [0.5, 0.6) is 5.75 Å². The topological polar surface area (TPSA) is 34.1 Å². The van der Waals surface area contributed by atoms with Crippen molar-refractivity contribution in [2.75, 3.05) is 13.2 Å². The third-order valence-corrected chi connectivity index (χ3v) is 3.20. The summed E-state index contributed by atoms with van der Waals surface area (Å²) in [6.45, 7) is 1.84. The van der Waals surface area contributed by atoms with Crippen LogP contribution in [0.3, 0.4) is 0 Å². The van der Waals surface area contributed by atoms with E-state index in [1.807, 2.05) is 24.4 Å². The fraction of sp³-hybridized carbons (Fsp3) is 0.357. The van der Waals surface area contributed by atoms with Crippen molar-refractivity contribution in [1.29, 1.82) is 0 Å². The molecule has 3 heteroatoms. The first-order valence-corrected chi connectivity index (χ1v) is 6.13. The average Bonchev–Trinajstić information content (AvgIpc) is 2.89. The maximum absolute atomic E-state index is 5.88. The van der Waals surface area contributed by atoms with Crippen molar-refractivity contribution in [3.63, 3.8) is 0 Å². The number of fused-ring (bicyclic) bond motifs is 1. The summed E-state index contributed by atoms with van der Waals surface area (Å²) in [5.74, 6) is 0.886.